The maximum atomic E-state index is 11.3. The lowest BCUT2D eigenvalue weighted by atomic mass is 10.2. The predicted molar refractivity (Wildman–Crippen MR) is 63.1 cm³/mol. The summed E-state index contributed by atoms with van der Waals surface area (Å²) in [5.41, 5.74) is 6.84. The van der Waals surface area contributed by atoms with Crippen LogP contribution in [0, 0.1) is 0 Å². The lowest BCUT2D eigenvalue weighted by Crippen LogP contribution is -2.19. The van der Waals surface area contributed by atoms with Crippen LogP contribution in [-0.2, 0) is 13.0 Å². The van der Waals surface area contributed by atoms with Gasteiger partial charge in [-0.15, -0.1) is 0 Å². The number of hydrogen-bond acceptors (Lipinski definition) is 3. The molecular formula is C10H17N3OS. The smallest absolute Gasteiger partial charge is 0.267 e. The fourth-order valence-corrected chi connectivity index (χ4v) is 1.91. The molecule has 0 aliphatic heterocycles. The van der Waals surface area contributed by atoms with Crippen molar-refractivity contribution in [2.75, 3.05) is 12.0 Å². The fourth-order valence-electron chi connectivity index (χ4n) is 1.50. The van der Waals surface area contributed by atoms with Gasteiger partial charge in [0, 0.05) is 12.1 Å². The molecule has 1 amide bonds. The van der Waals surface area contributed by atoms with Gasteiger partial charge in [-0.25, -0.2) is 0 Å². The lowest BCUT2D eigenvalue weighted by Gasteiger charge is -2.05. The summed E-state index contributed by atoms with van der Waals surface area (Å²) in [4.78, 5) is 11.3. The van der Waals surface area contributed by atoms with Gasteiger partial charge in [-0.1, -0.05) is 6.92 Å². The quantitative estimate of drug-likeness (QED) is 0.745. The molecule has 0 saturated carbocycles. The van der Waals surface area contributed by atoms with Crippen LogP contribution in [0.1, 0.15) is 29.4 Å². The van der Waals surface area contributed by atoms with Gasteiger partial charge in [-0.2, -0.15) is 16.9 Å². The molecule has 1 heterocycles. The Kier molecular flexibility index (Phi) is 4.68. The normalized spacial score (nSPS) is 10.5. The second-order valence-corrected chi connectivity index (χ2v) is 4.29. The number of aromatic nitrogens is 2. The molecule has 0 aliphatic rings. The third-order valence-corrected chi connectivity index (χ3v) is 2.94. The summed E-state index contributed by atoms with van der Waals surface area (Å²) in [6, 6.07) is 0. The first-order valence-electron chi connectivity index (χ1n) is 5.04. The molecule has 84 valence electrons. The van der Waals surface area contributed by atoms with Crippen molar-refractivity contribution in [1.82, 2.24) is 9.78 Å². The highest BCUT2D eigenvalue weighted by atomic mass is 32.2. The zero-order chi connectivity index (χ0) is 11.3. The number of hydrogen-bond donors (Lipinski definition) is 1. The Hall–Kier alpha value is -0.970. The number of rotatable bonds is 6. The maximum Gasteiger partial charge on any atom is 0.267 e. The molecule has 0 spiro atoms. The van der Waals surface area contributed by atoms with Gasteiger partial charge in [0.2, 0.25) is 0 Å². The summed E-state index contributed by atoms with van der Waals surface area (Å²) < 4.78 is 1.72. The summed E-state index contributed by atoms with van der Waals surface area (Å²) in [7, 11) is 0. The Morgan fingerprint density at radius 3 is 2.93 bits per heavy atom. The third-order valence-electron chi connectivity index (χ3n) is 2.25. The van der Waals surface area contributed by atoms with Crippen molar-refractivity contribution in [2.24, 2.45) is 5.73 Å². The van der Waals surface area contributed by atoms with Crippen molar-refractivity contribution in [2.45, 2.75) is 26.3 Å². The summed E-state index contributed by atoms with van der Waals surface area (Å²) >= 11 is 1.79. The molecule has 5 heteroatoms. The zero-order valence-electron chi connectivity index (χ0n) is 9.19. The molecule has 2 N–H and O–H groups in total. The zero-order valence-corrected chi connectivity index (χ0v) is 10.0. The molecule has 1 aromatic rings. The van der Waals surface area contributed by atoms with Crippen LogP contribution >= 0.6 is 11.8 Å². The average Bonchev–Trinajstić information content (AvgIpc) is 2.61. The topological polar surface area (TPSA) is 60.9 Å². The minimum atomic E-state index is -0.381. The number of nitrogens with two attached hydrogens (primary N) is 1. The predicted octanol–water partition coefficient (Wildman–Crippen LogP) is 1.30. The van der Waals surface area contributed by atoms with Crippen LogP contribution in [0.5, 0.6) is 0 Å². The SMILES string of the molecule is CCc1cnn(CCCSC)c1C(N)=O. The van der Waals surface area contributed by atoms with E-state index < -0.39 is 0 Å². The molecule has 1 aromatic heterocycles. The Labute approximate surface area is 94.2 Å². The fraction of sp³-hybridized carbons (Fsp3) is 0.600. The molecule has 15 heavy (non-hydrogen) atoms. The molecule has 1 rings (SSSR count). The molecule has 0 unspecified atom stereocenters. The molecule has 0 aliphatic carbocycles. The number of amides is 1. The first-order chi connectivity index (χ1) is 7.20. The first-order valence-corrected chi connectivity index (χ1v) is 6.43. The van der Waals surface area contributed by atoms with Gasteiger partial charge in [0.05, 0.1) is 6.20 Å². The minimum Gasteiger partial charge on any atom is -0.364 e. The molecule has 0 fully saturated rings. The largest absolute Gasteiger partial charge is 0.364 e. The molecule has 0 saturated heterocycles. The van der Waals surface area contributed by atoms with E-state index in [1.165, 1.54) is 0 Å². The number of primary amides is 1. The monoisotopic (exact) mass is 227 g/mol. The molecule has 0 aromatic carbocycles. The highest BCUT2D eigenvalue weighted by molar-refractivity contribution is 7.98. The van der Waals surface area contributed by atoms with Gasteiger partial charge in [0.15, 0.2) is 0 Å². The van der Waals surface area contributed by atoms with Crippen molar-refractivity contribution in [3.05, 3.63) is 17.5 Å². The summed E-state index contributed by atoms with van der Waals surface area (Å²) in [6.45, 7) is 2.76. The van der Waals surface area contributed by atoms with Crippen molar-refractivity contribution >= 4 is 17.7 Å². The average molecular weight is 227 g/mol. The van der Waals surface area contributed by atoms with E-state index >= 15 is 0 Å². The van der Waals surface area contributed by atoms with Crippen LogP contribution < -0.4 is 5.73 Å². The molecule has 0 bridgehead atoms. The Morgan fingerprint density at radius 2 is 2.40 bits per heavy atom. The molecule has 0 radical (unpaired) electrons. The molecule has 4 nitrogen and oxygen atoms in total. The summed E-state index contributed by atoms with van der Waals surface area (Å²) in [6.07, 6.45) is 5.60. The maximum absolute atomic E-state index is 11.3. The van der Waals surface area contributed by atoms with Crippen LogP contribution in [0.15, 0.2) is 6.20 Å². The van der Waals surface area contributed by atoms with Crippen LogP contribution in [-0.4, -0.2) is 27.7 Å². The number of aryl methyl sites for hydroxylation is 2. The van der Waals surface area contributed by atoms with Crippen LogP contribution in [0.25, 0.3) is 0 Å². The third kappa shape index (κ3) is 2.99. The van der Waals surface area contributed by atoms with Gasteiger partial charge < -0.3 is 5.73 Å². The molecule has 0 atom stereocenters. The van der Waals surface area contributed by atoms with Crippen LogP contribution in [0.3, 0.4) is 0 Å². The highest BCUT2D eigenvalue weighted by Gasteiger charge is 2.13. The first kappa shape index (κ1) is 12.1. The van der Waals surface area contributed by atoms with E-state index in [2.05, 4.69) is 11.4 Å². The highest BCUT2D eigenvalue weighted by Crippen LogP contribution is 2.10. The number of thioether (sulfide) groups is 1. The van der Waals surface area contributed by atoms with E-state index in [1.807, 2.05) is 6.92 Å². The number of carbonyl (C=O) groups excluding carboxylic acids is 1. The van der Waals surface area contributed by atoms with Crippen molar-refractivity contribution < 1.29 is 4.79 Å². The Balaban J connectivity index is 2.78. The van der Waals surface area contributed by atoms with E-state index in [-0.39, 0.29) is 5.91 Å². The van der Waals surface area contributed by atoms with Crippen molar-refractivity contribution in [3.63, 3.8) is 0 Å². The van der Waals surface area contributed by atoms with Crippen LogP contribution in [0.2, 0.25) is 0 Å². The second kappa shape index (κ2) is 5.80. The number of carbonyl (C=O) groups is 1. The number of nitrogens with zero attached hydrogens (tertiary/aromatic N) is 2. The lowest BCUT2D eigenvalue weighted by molar-refractivity contribution is 0.0989. The van der Waals surface area contributed by atoms with E-state index in [9.17, 15) is 4.79 Å². The standard InChI is InChI=1S/C10H17N3OS/c1-3-8-7-12-13(5-4-6-15-2)9(8)10(11)14/h7H,3-6H2,1-2H3,(H2,11,14). The second-order valence-electron chi connectivity index (χ2n) is 3.31. The Bertz CT molecular complexity index is 335. The van der Waals surface area contributed by atoms with Gasteiger partial charge in [0.1, 0.15) is 5.69 Å². The van der Waals surface area contributed by atoms with E-state index in [0.29, 0.717) is 5.69 Å². The summed E-state index contributed by atoms with van der Waals surface area (Å²) in [5.74, 6) is 0.688. The van der Waals surface area contributed by atoms with Crippen LogP contribution in [0.4, 0.5) is 0 Å². The van der Waals surface area contributed by atoms with E-state index in [0.717, 1.165) is 30.7 Å². The van der Waals surface area contributed by atoms with Gasteiger partial charge >= 0.3 is 0 Å². The Morgan fingerprint density at radius 1 is 1.67 bits per heavy atom. The van der Waals surface area contributed by atoms with E-state index in [1.54, 1.807) is 22.6 Å². The van der Waals surface area contributed by atoms with Gasteiger partial charge in [0.25, 0.3) is 5.91 Å². The minimum absolute atomic E-state index is 0.381. The van der Waals surface area contributed by atoms with Gasteiger partial charge in [-0.05, 0) is 24.9 Å². The molecular weight excluding hydrogens is 210 g/mol. The van der Waals surface area contributed by atoms with Crippen molar-refractivity contribution in [1.29, 1.82) is 0 Å². The summed E-state index contributed by atoms with van der Waals surface area (Å²) in [5, 5.41) is 4.19. The van der Waals surface area contributed by atoms with Gasteiger partial charge in [-0.3, -0.25) is 9.48 Å². The van der Waals surface area contributed by atoms with Crippen molar-refractivity contribution in [3.8, 4) is 0 Å². The van der Waals surface area contributed by atoms with E-state index in [4.69, 9.17) is 5.73 Å².